The number of piperidine rings is 1. The van der Waals surface area contributed by atoms with Gasteiger partial charge in [0, 0.05) is 36.7 Å². The van der Waals surface area contributed by atoms with E-state index in [2.05, 4.69) is 29.4 Å². The fraction of sp³-hybridized carbons (Fsp3) is 0.636. The van der Waals surface area contributed by atoms with Crippen molar-refractivity contribution in [1.29, 1.82) is 0 Å². The molecule has 2 fully saturated rings. The molecule has 4 rings (SSSR count). The van der Waals surface area contributed by atoms with E-state index in [9.17, 15) is 9.90 Å². The van der Waals surface area contributed by atoms with Gasteiger partial charge in [-0.3, -0.25) is 5.10 Å². The van der Waals surface area contributed by atoms with Crippen molar-refractivity contribution >= 4 is 28.5 Å². The standard InChI is InChI=1S/C22H31ClN4O3/c1-22(2,20(28)17-10-15(23)11-19-18(17)13-25-26-19)14-5-7-27(8-6-14)21(29)24-12-16-4-3-9-30-16/h10-11,13-14,16,20,28H,3-9,12H2,1-2H3,(H,24,29)(H,25,26)/t16-,20?/m1/s1. The summed E-state index contributed by atoms with van der Waals surface area (Å²) < 4.78 is 5.58. The lowest BCUT2D eigenvalue weighted by Gasteiger charge is -2.43. The summed E-state index contributed by atoms with van der Waals surface area (Å²) in [7, 11) is 0. The predicted molar refractivity (Wildman–Crippen MR) is 117 cm³/mol. The summed E-state index contributed by atoms with van der Waals surface area (Å²) in [4.78, 5) is 14.4. The molecule has 2 atom stereocenters. The molecular weight excluding hydrogens is 404 g/mol. The first-order valence-corrected chi connectivity index (χ1v) is 11.2. The number of ether oxygens (including phenoxy) is 1. The number of urea groups is 1. The zero-order chi connectivity index (χ0) is 21.3. The summed E-state index contributed by atoms with van der Waals surface area (Å²) in [5.41, 5.74) is 1.26. The lowest BCUT2D eigenvalue weighted by Crippen LogP contribution is -2.48. The average molecular weight is 435 g/mol. The van der Waals surface area contributed by atoms with Gasteiger partial charge in [0.25, 0.3) is 0 Å². The lowest BCUT2D eigenvalue weighted by atomic mass is 9.68. The van der Waals surface area contributed by atoms with E-state index in [0.29, 0.717) is 24.7 Å². The number of aromatic nitrogens is 2. The minimum atomic E-state index is -0.679. The smallest absolute Gasteiger partial charge is 0.317 e. The number of carbonyl (C=O) groups is 1. The van der Waals surface area contributed by atoms with Crippen LogP contribution in [0.2, 0.25) is 5.02 Å². The molecule has 0 aliphatic carbocycles. The monoisotopic (exact) mass is 434 g/mol. The third-order valence-electron chi connectivity index (χ3n) is 6.89. The largest absolute Gasteiger partial charge is 0.388 e. The maximum atomic E-state index is 12.5. The van der Waals surface area contributed by atoms with Crippen LogP contribution in [0.1, 0.15) is 51.2 Å². The van der Waals surface area contributed by atoms with Crippen molar-refractivity contribution in [3.63, 3.8) is 0 Å². The van der Waals surface area contributed by atoms with Crippen LogP contribution in [0.4, 0.5) is 4.79 Å². The van der Waals surface area contributed by atoms with Crippen molar-refractivity contribution in [2.75, 3.05) is 26.2 Å². The molecule has 3 heterocycles. The Morgan fingerprint density at radius 3 is 2.87 bits per heavy atom. The highest BCUT2D eigenvalue weighted by molar-refractivity contribution is 6.31. The maximum Gasteiger partial charge on any atom is 0.317 e. The Hall–Kier alpha value is -1.83. The number of likely N-dealkylation sites (tertiary alicyclic amines) is 1. The Morgan fingerprint density at radius 1 is 1.40 bits per heavy atom. The number of hydrogen-bond acceptors (Lipinski definition) is 4. The van der Waals surface area contributed by atoms with Crippen LogP contribution < -0.4 is 5.32 Å². The van der Waals surface area contributed by atoms with Gasteiger partial charge >= 0.3 is 6.03 Å². The van der Waals surface area contributed by atoms with Gasteiger partial charge in [0.15, 0.2) is 0 Å². The van der Waals surface area contributed by atoms with E-state index in [-0.39, 0.29) is 23.5 Å². The molecule has 8 heteroatoms. The van der Waals surface area contributed by atoms with Crippen LogP contribution in [0.15, 0.2) is 18.3 Å². The molecule has 0 saturated carbocycles. The number of benzene rings is 1. The third-order valence-corrected chi connectivity index (χ3v) is 7.11. The number of carbonyl (C=O) groups excluding carboxylic acids is 1. The van der Waals surface area contributed by atoms with Crippen molar-refractivity contribution in [1.82, 2.24) is 20.4 Å². The zero-order valence-corrected chi connectivity index (χ0v) is 18.4. The van der Waals surface area contributed by atoms with Gasteiger partial charge in [-0.15, -0.1) is 0 Å². The normalized spacial score (nSPS) is 21.9. The highest BCUT2D eigenvalue weighted by Gasteiger charge is 2.40. The molecule has 0 bridgehead atoms. The van der Waals surface area contributed by atoms with Crippen LogP contribution in [0, 0.1) is 11.3 Å². The van der Waals surface area contributed by atoms with E-state index in [1.807, 2.05) is 17.0 Å². The molecule has 2 saturated heterocycles. The molecule has 164 valence electrons. The zero-order valence-electron chi connectivity index (χ0n) is 17.7. The number of rotatable bonds is 5. The van der Waals surface area contributed by atoms with Gasteiger partial charge in [-0.25, -0.2) is 4.79 Å². The van der Waals surface area contributed by atoms with Gasteiger partial charge in [-0.1, -0.05) is 25.4 Å². The Balaban J connectivity index is 1.38. The van der Waals surface area contributed by atoms with Crippen LogP contribution in [-0.2, 0) is 4.74 Å². The number of aromatic amines is 1. The van der Waals surface area contributed by atoms with Gasteiger partial charge < -0.3 is 20.1 Å². The number of aliphatic hydroxyl groups excluding tert-OH is 1. The van der Waals surface area contributed by atoms with Crippen molar-refractivity contribution in [2.24, 2.45) is 11.3 Å². The minimum absolute atomic E-state index is 0.0164. The topological polar surface area (TPSA) is 90.5 Å². The lowest BCUT2D eigenvalue weighted by molar-refractivity contribution is -0.0143. The van der Waals surface area contributed by atoms with E-state index in [1.54, 1.807) is 6.20 Å². The number of H-pyrrole nitrogens is 1. The number of nitrogens with one attached hydrogen (secondary N) is 2. The first-order chi connectivity index (χ1) is 14.4. The Bertz CT molecular complexity index is 886. The molecule has 30 heavy (non-hydrogen) atoms. The molecule has 3 N–H and O–H groups in total. The summed E-state index contributed by atoms with van der Waals surface area (Å²) in [6.45, 7) is 6.95. The van der Waals surface area contributed by atoms with Crippen LogP contribution in [0.3, 0.4) is 0 Å². The number of fused-ring (bicyclic) bond motifs is 1. The number of aliphatic hydroxyl groups is 1. The van der Waals surface area contributed by atoms with Gasteiger partial charge in [-0.05, 0) is 54.7 Å². The summed E-state index contributed by atoms with van der Waals surface area (Å²) in [5.74, 6) is 0.288. The molecule has 1 aromatic heterocycles. The number of amides is 2. The second-order valence-electron chi connectivity index (χ2n) is 9.13. The Kier molecular flexibility index (Phi) is 6.23. The molecule has 2 aliphatic rings. The van der Waals surface area contributed by atoms with Crippen LogP contribution in [-0.4, -0.2) is 58.6 Å². The predicted octanol–water partition coefficient (Wildman–Crippen LogP) is 3.88. The number of nitrogens with zero attached hydrogens (tertiary/aromatic N) is 2. The highest BCUT2D eigenvalue weighted by Crippen LogP contribution is 2.46. The number of halogens is 1. The second kappa shape index (κ2) is 8.73. The molecule has 0 spiro atoms. The van der Waals surface area contributed by atoms with Crippen molar-refractivity contribution in [2.45, 2.75) is 51.7 Å². The molecule has 1 aromatic carbocycles. The van der Waals surface area contributed by atoms with Gasteiger partial charge in [0.2, 0.25) is 0 Å². The highest BCUT2D eigenvalue weighted by atomic mass is 35.5. The summed E-state index contributed by atoms with van der Waals surface area (Å²) in [6.07, 6.45) is 5.00. The summed E-state index contributed by atoms with van der Waals surface area (Å²) in [6, 6.07) is 3.64. The van der Waals surface area contributed by atoms with E-state index >= 15 is 0 Å². The average Bonchev–Trinajstić information content (AvgIpc) is 3.42. The molecule has 2 aromatic rings. The van der Waals surface area contributed by atoms with E-state index in [1.165, 1.54) is 0 Å². The first kappa shape index (κ1) is 21.4. The molecular formula is C22H31ClN4O3. The Morgan fingerprint density at radius 2 is 2.17 bits per heavy atom. The van der Waals surface area contributed by atoms with Crippen molar-refractivity contribution in [3.8, 4) is 0 Å². The van der Waals surface area contributed by atoms with Crippen LogP contribution >= 0.6 is 11.6 Å². The SMILES string of the molecule is CC(C)(C1CCN(C(=O)NC[C@H]2CCCO2)CC1)C(O)c1cc(Cl)cc2[nH]ncc12. The molecule has 2 amide bonds. The van der Waals surface area contributed by atoms with Crippen molar-refractivity contribution in [3.05, 3.63) is 28.9 Å². The van der Waals surface area contributed by atoms with Crippen LogP contribution in [0.5, 0.6) is 0 Å². The minimum Gasteiger partial charge on any atom is -0.388 e. The van der Waals surface area contributed by atoms with E-state index in [0.717, 1.165) is 48.8 Å². The fourth-order valence-corrected chi connectivity index (χ4v) is 5.06. The second-order valence-corrected chi connectivity index (χ2v) is 9.57. The summed E-state index contributed by atoms with van der Waals surface area (Å²) >= 11 is 6.27. The fourth-order valence-electron chi connectivity index (χ4n) is 4.84. The molecule has 7 nitrogen and oxygen atoms in total. The Labute approximate surface area is 182 Å². The molecule has 0 radical (unpaired) electrons. The van der Waals surface area contributed by atoms with Gasteiger partial charge in [-0.2, -0.15) is 5.10 Å². The van der Waals surface area contributed by atoms with Crippen LogP contribution in [0.25, 0.3) is 10.9 Å². The molecule has 1 unspecified atom stereocenters. The van der Waals surface area contributed by atoms with Crippen molar-refractivity contribution < 1.29 is 14.6 Å². The van der Waals surface area contributed by atoms with E-state index < -0.39 is 6.10 Å². The van der Waals surface area contributed by atoms with Gasteiger partial charge in [0.1, 0.15) is 0 Å². The number of hydrogen-bond donors (Lipinski definition) is 3. The van der Waals surface area contributed by atoms with E-state index in [4.69, 9.17) is 16.3 Å². The van der Waals surface area contributed by atoms with Gasteiger partial charge in [0.05, 0.1) is 23.9 Å². The maximum absolute atomic E-state index is 12.5. The first-order valence-electron chi connectivity index (χ1n) is 10.8. The third kappa shape index (κ3) is 4.29. The molecule has 2 aliphatic heterocycles. The summed E-state index contributed by atoms with van der Waals surface area (Å²) in [5, 5.41) is 22.8. The quantitative estimate of drug-likeness (QED) is 0.666.